The van der Waals surface area contributed by atoms with E-state index in [1.807, 2.05) is 62.6 Å². The summed E-state index contributed by atoms with van der Waals surface area (Å²) in [6.07, 6.45) is 0. The summed E-state index contributed by atoms with van der Waals surface area (Å²) in [6.45, 7) is 0.491. The second-order valence-electron chi connectivity index (χ2n) is 5.85. The number of rotatable bonds is 8. The average molecular weight is 357 g/mol. The molecule has 0 radical (unpaired) electrons. The Hall–Kier alpha value is -2.31. The van der Waals surface area contributed by atoms with E-state index < -0.39 is 5.91 Å². The van der Waals surface area contributed by atoms with Crippen molar-refractivity contribution in [1.29, 1.82) is 0 Å². The van der Waals surface area contributed by atoms with E-state index in [4.69, 9.17) is 5.73 Å². The van der Waals surface area contributed by atoms with E-state index in [1.54, 1.807) is 6.07 Å². The SMILES string of the molecule is CN(C)C(CNC(=O)c1ccccc1SCC(N)=O)c1ccccc1. The molecule has 0 aliphatic rings. The van der Waals surface area contributed by atoms with Gasteiger partial charge in [-0.15, -0.1) is 11.8 Å². The van der Waals surface area contributed by atoms with Crippen LogP contribution in [0.25, 0.3) is 0 Å². The van der Waals surface area contributed by atoms with Crippen molar-refractivity contribution in [2.24, 2.45) is 5.73 Å². The zero-order valence-electron chi connectivity index (χ0n) is 14.4. The van der Waals surface area contributed by atoms with Gasteiger partial charge < -0.3 is 16.0 Å². The van der Waals surface area contributed by atoms with E-state index in [0.29, 0.717) is 12.1 Å². The number of nitrogens with two attached hydrogens (primary N) is 1. The first-order valence-corrected chi connectivity index (χ1v) is 8.97. The molecule has 0 aliphatic carbocycles. The van der Waals surface area contributed by atoms with Crippen LogP contribution < -0.4 is 11.1 Å². The van der Waals surface area contributed by atoms with Crippen molar-refractivity contribution < 1.29 is 9.59 Å². The molecule has 2 rings (SSSR count). The van der Waals surface area contributed by atoms with Crippen LogP contribution in [-0.4, -0.2) is 43.1 Å². The third-order valence-corrected chi connectivity index (χ3v) is 4.86. The Morgan fingerprint density at radius 3 is 2.36 bits per heavy atom. The summed E-state index contributed by atoms with van der Waals surface area (Å²) in [5.74, 6) is -0.415. The third-order valence-electron chi connectivity index (χ3n) is 3.77. The second-order valence-corrected chi connectivity index (χ2v) is 6.87. The molecule has 0 bridgehead atoms. The maximum atomic E-state index is 12.6. The lowest BCUT2D eigenvalue weighted by Gasteiger charge is -2.25. The maximum absolute atomic E-state index is 12.6. The van der Waals surface area contributed by atoms with Crippen LogP contribution in [0.4, 0.5) is 0 Å². The largest absolute Gasteiger partial charge is 0.369 e. The second kappa shape index (κ2) is 9.25. The molecule has 25 heavy (non-hydrogen) atoms. The fourth-order valence-corrected chi connectivity index (χ4v) is 3.28. The predicted molar refractivity (Wildman–Crippen MR) is 102 cm³/mol. The number of thioether (sulfide) groups is 1. The van der Waals surface area contributed by atoms with Gasteiger partial charge in [0.2, 0.25) is 5.91 Å². The highest BCUT2D eigenvalue weighted by atomic mass is 32.2. The lowest BCUT2D eigenvalue weighted by atomic mass is 10.1. The molecular weight excluding hydrogens is 334 g/mol. The smallest absolute Gasteiger partial charge is 0.252 e. The lowest BCUT2D eigenvalue weighted by molar-refractivity contribution is -0.115. The van der Waals surface area contributed by atoms with E-state index >= 15 is 0 Å². The number of carbonyl (C=O) groups is 2. The summed E-state index contributed by atoms with van der Waals surface area (Å²) in [5.41, 5.74) is 6.89. The highest BCUT2D eigenvalue weighted by Gasteiger charge is 2.17. The number of amides is 2. The molecule has 0 spiro atoms. The van der Waals surface area contributed by atoms with Crippen LogP contribution in [-0.2, 0) is 4.79 Å². The van der Waals surface area contributed by atoms with Gasteiger partial charge in [-0.1, -0.05) is 42.5 Å². The summed E-state index contributed by atoms with van der Waals surface area (Å²) in [6, 6.07) is 17.4. The van der Waals surface area contributed by atoms with E-state index in [1.165, 1.54) is 11.8 Å². The van der Waals surface area contributed by atoms with Crippen molar-refractivity contribution in [3.05, 3.63) is 65.7 Å². The van der Waals surface area contributed by atoms with Crippen LogP contribution >= 0.6 is 11.8 Å². The van der Waals surface area contributed by atoms with Gasteiger partial charge in [-0.2, -0.15) is 0 Å². The Morgan fingerprint density at radius 2 is 1.72 bits per heavy atom. The van der Waals surface area contributed by atoms with Crippen LogP contribution in [0.1, 0.15) is 22.0 Å². The van der Waals surface area contributed by atoms with Crippen LogP contribution in [0.5, 0.6) is 0 Å². The number of hydrogen-bond donors (Lipinski definition) is 2. The van der Waals surface area contributed by atoms with Crippen molar-refractivity contribution in [3.63, 3.8) is 0 Å². The third kappa shape index (κ3) is 5.62. The molecule has 0 aliphatic heterocycles. The van der Waals surface area contributed by atoms with Gasteiger partial charge in [0.25, 0.3) is 5.91 Å². The first kappa shape index (κ1) is 19.0. The first-order chi connectivity index (χ1) is 12.0. The Balaban J connectivity index is 2.07. The zero-order chi connectivity index (χ0) is 18.2. The molecule has 1 atom stereocenters. The Labute approximate surface area is 152 Å². The Kier molecular flexibility index (Phi) is 7.03. The molecule has 0 aromatic heterocycles. The normalized spacial score (nSPS) is 12.0. The van der Waals surface area contributed by atoms with Crippen LogP contribution in [0.2, 0.25) is 0 Å². The van der Waals surface area contributed by atoms with E-state index in [2.05, 4.69) is 10.2 Å². The summed E-state index contributed by atoms with van der Waals surface area (Å²) >= 11 is 1.27. The highest BCUT2D eigenvalue weighted by Crippen LogP contribution is 2.23. The van der Waals surface area contributed by atoms with Crippen molar-refractivity contribution in [1.82, 2.24) is 10.2 Å². The first-order valence-electron chi connectivity index (χ1n) is 7.98. The van der Waals surface area contributed by atoms with Crippen LogP contribution in [0.15, 0.2) is 59.5 Å². The quantitative estimate of drug-likeness (QED) is 0.711. The van der Waals surface area contributed by atoms with Gasteiger partial charge in [0.05, 0.1) is 17.4 Å². The molecule has 132 valence electrons. The number of primary amides is 1. The van der Waals surface area contributed by atoms with E-state index in [-0.39, 0.29) is 17.7 Å². The molecule has 6 heteroatoms. The number of nitrogens with zero attached hydrogens (tertiary/aromatic N) is 1. The summed E-state index contributed by atoms with van der Waals surface area (Å²) in [7, 11) is 3.97. The van der Waals surface area contributed by atoms with Crippen molar-refractivity contribution in [2.45, 2.75) is 10.9 Å². The summed E-state index contributed by atoms with van der Waals surface area (Å²) in [4.78, 5) is 26.4. The number of nitrogens with one attached hydrogen (secondary N) is 1. The number of benzene rings is 2. The minimum Gasteiger partial charge on any atom is -0.369 e. The standard InChI is InChI=1S/C19H23N3O2S/c1-22(2)16(14-8-4-3-5-9-14)12-21-19(24)15-10-6-7-11-17(15)25-13-18(20)23/h3-11,16H,12-13H2,1-2H3,(H2,20,23)(H,21,24). The van der Waals surface area contributed by atoms with Gasteiger partial charge in [-0.05, 0) is 31.8 Å². The van der Waals surface area contributed by atoms with Crippen molar-refractivity contribution in [2.75, 3.05) is 26.4 Å². The molecule has 2 aromatic carbocycles. The number of carbonyl (C=O) groups excluding carboxylic acids is 2. The van der Waals surface area contributed by atoms with E-state index in [0.717, 1.165) is 10.5 Å². The fraction of sp³-hybridized carbons (Fsp3) is 0.263. The molecule has 2 amide bonds. The monoisotopic (exact) mass is 357 g/mol. The summed E-state index contributed by atoms with van der Waals surface area (Å²) < 4.78 is 0. The molecule has 0 saturated carbocycles. The fourth-order valence-electron chi connectivity index (χ4n) is 2.49. The van der Waals surface area contributed by atoms with Gasteiger partial charge in [0.1, 0.15) is 0 Å². The molecule has 0 saturated heterocycles. The van der Waals surface area contributed by atoms with Crippen molar-refractivity contribution in [3.8, 4) is 0 Å². The van der Waals surface area contributed by atoms with Gasteiger partial charge >= 0.3 is 0 Å². The topological polar surface area (TPSA) is 75.4 Å². The van der Waals surface area contributed by atoms with Crippen LogP contribution in [0, 0.1) is 0 Å². The average Bonchev–Trinajstić information content (AvgIpc) is 2.61. The summed E-state index contributed by atoms with van der Waals surface area (Å²) in [5, 5.41) is 3.00. The number of likely N-dealkylation sites (N-methyl/N-ethyl adjacent to an activating group) is 1. The van der Waals surface area contributed by atoms with Crippen LogP contribution in [0.3, 0.4) is 0 Å². The predicted octanol–water partition coefficient (Wildman–Crippen LogP) is 2.30. The Morgan fingerprint density at radius 1 is 1.08 bits per heavy atom. The maximum Gasteiger partial charge on any atom is 0.252 e. The number of hydrogen-bond acceptors (Lipinski definition) is 4. The minimum absolute atomic E-state index is 0.0792. The van der Waals surface area contributed by atoms with E-state index in [9.17, 15) is 9.59 Å². The zero-order valence-corrected chi connectivity index (χ0v) is 15.3. The highest BCUT2D eigenvalue weighted by molar-refractivity contribution is 8.00. The Bertz CT molecular complexity index is 720. The van der Waals surface area contributed by atoms with Gasteiger partial charge in [0, 0.05) is 11.4 Å². The molecule has 5 nitrogen and oxygen atoms in total. The van der Waals surface area contributed by atoms with Gasteiger partial charge in [0.15, 0.2) is 0 Å². The van der Waals surface area contributed by atoms with Crippen molar-refractivity contribution >= 4 is 23.6 Å². The minimum atomic E-state index is -0.406. The molecule has 3 N–H and O–H groups in total. The molecule has 2 aromatic rings. The van der Waals surface area contributed by atoms with Gasteiger partial charge in [-0.3, -0.25) is 9.59 Å². The lowest BCUT2D eigenvalue weighted by Crippen LogP contribution is -2.34. The molecule has 0 fully saturated rings. The molecular formula is C19H23N3O2S. The van der Waals surface area contributed by atoms with Gasteiger partial charge in [-0.25, -0.2) is 0 Å². The molecule has 1 unspecified atom stereocenters. The molecule has 0 heterocycles.